The van der Waals surface area contributed by atoms with Gasteiger partial charge in [0.05, 0.1) is 4.90 Å². The number of rotatable bonds is 2. The van der Waals surface area contributed by atoms with E-state index < -0.39 is 10.0 Å². The summed E-state index contributed by atoms with van der Waals surface area (Å²) in [5.74, 6) is 0.810. The minimum Gasteiger partial charge on any atom is -0.490 e. The number of benzene rings is 1. The van der Waals surface area contributed by atoms with Gasteiger partial charge in [-0.05, 0) is 37.6 Å². The lowest BCUT2D eigenvalue weighted by Gasteiger charge is -2.31. The van der Waals surface area contributed by atoms with Gasteiger partial charge in [0.15, 0.2) is 0 Å². The summed E-state index contributed by atoms with van der Waals surface area (Å²) in [4.78, 5) is 0.378. The third-order valence-corrected chi connectivity index (χ3v) is 5.70. The second-order valence-electron chi connectivity index (χ2n) is 5.62. The molecule has 2 atom stereocenters. The van der Waals surface area contributed by atoms with Gasteiger partial charge in [-0.1, -0.05) is 0 Å². The molecule has 2 aliphatic rings. The number of nitrogens with one attached hydrogen (secondary N) is 1. The third-order valence-electron chi connectivity index (χ3n) is 3.84. The number of piperazine rings is 1. The lowest BCUT2D eigenvalue weighted by Crippen LogP contribution is -2.51. The summed E-state index contributed by atoms with van der Waals surface area (Å²) in [6.07, 6.45) is 0.901. The second-order valence-corrected chi connectivity index (χ2v) is 7.56. The number of sulfonamides is 1. The summed E-state index contributed by atoms with van der Waals surface area (Å²) < 4.78 is 32.5. The summed E-state index contributed by atoms with van der Waals surface area (Å²) in [6.45, 7) is 5.74. The van der Waals surface area contributed by atoms with Crippen LogP contribution in [-0.4, -0.2) is 44.5 Å². The predicted octanol–water partition coefficient (Wildman–Crippen LogP) is 1.41. The van der Waals surface area contributed by atoms with E-state index in [1.165, 1.54) is 0 Å². The Morgan fingerprint density at radius 2 is 2.10 bits per heavy atom. The van der Waals surface area contributed by atoms with Crippen molar-refractivity contribution in [1.82, 2.24) is 9.62 Å². The minimum absolute atomic E-state index is 0. The van der Waals surface area contributed by atoms with Gasteiger partial charge in [-0.2, -0.15) is 4.31 Å². The highest BCUT2D eigenvalue weighted by Crippen LogP contribution is 2.31. The molecule has 3 rings (SSSR count). The average Bonchev–Trinajstić information content (AvgIpc) is 2.77. The molecule has 0 spiro atoms. The number of halogens is 1. The fourth-order valence-electron chi connectivity index (χ4n) is 2.82. The fraction of sp³-hybridized carbons (Fsp3) is 0.571. The van der Waals surface area contributed by atoms with Crippen molar-refractivity contribution in [2.24, 2.45) is 0 Å². The van der Waals surface area contributed by atoms with Gasteiger partial charge >= 0.3 is 0 Å². The molecule has 7 heteroatoms. The van der Waals surface area contributed by atoms with Crippen molar-refractivity contribution >= 4 is 22.4 Å². The molecule has 118 valence electrons. The van der Waals surface area contributed by atoms with Gasteiger partial charge in [-0.15, -0.1) is 12.4 Å². The van der Waals surface area contributed by atoms with Crippen molar-refractivity contribution < 1.29 is 13.2 Å². The Hall–Kier alpha value is -0.820. The van der Waals surface area contributed by atoms with Crippen LogP contribution in [0.3, 0.4) is 0 Å². The first-order chi connectivity index (χ1) is 9.46. The fourth-order valence-corrected chi connectivity index (χ4v) is 4.40. The molecule has 0 aromatic heterocycles. The first kappa shape index (κ1) is 16.5. The van der Waals surface area contributed by atoms with Crippen molar-refractivity contribution in [3.8, 4) is 5.75 Å². The molecule has 0 bridgehead atoms. The molecule has 1 aromatic rings. The topological polar surface area (TPSA) is 58.6 Å². The van der Waals surface area contributed by atoms with Gasteiger partial charge in [0.2, 0.25) is 10.0 Å². The summed E-state index contributed by atoms with van der Waals surface area (Å²) in [7, 11) is -3.40. The van der Waals surface area contributed by atoms with Gasteiger partial charge in [-0.25, -0.2) is 8.42 Å². The highest BCUT2D eigenvalue weighted by molar-refractivity contribution is 7.89. The van der Waals surface area contributed by atoms with Crippen molar-refractivity contribution in [3.63, 3.8) is 0 Å². The maximum Gasteiger partial charge on any atom is 0.243 e. The van der Waals surface area contributed by atoms with Gasteiger partial charge in [0.1, 0.15) is 11.9 Å². The number of hydrogen-bond acceptors (Lipinski definition) is 4. The molecular weight excluding hydrogens is 312 g/mol. The summed E-state index contributed by atoms with van der Waals surface area (Å²) in [5.41, 5.74) is 0.988. The molecule has 5 nitrogen and oxygen atoms in total. The van der Waals surface area contributed by atoms with E-state index in [0.717, 1.165) is 17.7 Å². The Labute approximate surface area is 132 Å². The summed E-state index contributed by atoms with van der Waals surface area (Å²) in [6, 6.07) is 5.38. The normalized spacial score (nSPS) is 25.8. The highest BCUT2D eigenvalue weighted by atomic mass is 35.5. The molecular formula is C14H21ClN2O3S. The smallest absolute Gasteiger partial charge is 0.243 e. The van der Waals surface area contributed by atoms with Crippen LogP contribution in [0.5, 0.6) is 5.75 Å². The van der Waals surface area contributed by atoms with Crippen molar-refractivity contribution in [2.75, 3.05) is 19.6 Å². The molecule has 2 heterocycles. The number of fused-ring (bicyclic) bond motifs is 1. The largest absolute Gasteiger partial charge is 0.490 e. The Bertz CT molecular complexity index is 621. The number of hydrogen-bond donors (Lipinski definition) is 1. The monoisotopic (exact) mass is 332 g/mol. The SMILES string of the molecule is CC1CN(S(=O)(=O)c2ccc3c(c2)CC(C)O3)CCN1.Cl. The maximum absolute atomic E-state index is 12.7. The lowest BCUT2D eigenvalue weighted by molar-refractivity contribution is 0.254. The summed E-state index contributed by atoms with van der Waals surface area (Å²) in [5, 5.41) is 3.26. The van der Waals surface area contributed by atoms with Gasteiger partial charge in [-0.3, -0.25) is 0 Å². The molecule has 0 aliphatic carbocycles. The lowest BCUT2D eigenvalue weighted by atomic mass is 10.1. The molecule has 1 aromatic carbocycles. The average molecular weight is 333 g/mol. The Kier molecular flexibility index (Phi) is 4.82. The van der Waals surface area contributed by atoms with Crippen LogP contribution in [-0.2, 0) is 16.4 Å². The predicted molar refractivity (Wildman–Crippen MR) is 83.7 cm³/mol. The van der Waals surface area contributed by atoms with Crippen LogP contribution in [0.15, 0.2) is 23.1 Å². The highest BCUT2D eigenvalue weighted by Gasteiger charge is 2.30. The van der Waals surface area contributed by atoms with Gasteiger partial charge < -0.3 is 10.1 Å². The zero-order chi connectivity index (χ0) is 14.3. The Morgan fingerprint density at radius 3 is 2.81 bits per heavy atom. The molecule has 1 fully saturated rings. The standard InChI is InChI=1S/C14H20N2O3S.ClH/c1-10-9-16(6-5-15-10)20(17,18)13-3-4-14-12(8-13)7-11(2)19-14;/h3-4,8,10-11,15H,5-7,9H2,1-2H3;1H. The van der Waals surface area contributed by atoms with E-state index in [2.05, 4.69) is 5.32 Å². The van der Waals surface area contributed by atoms with Crippen LogP contribution in [0.25, 0.3) is 0 Å². The zero-order valence-electron chi connectivity index (χ0n) is 12.2. The Balaban J connectivity index is 0.00000161. The second kappa shape index (κ2) is 6.12. The van der Waals surface area contributed by atoms with Crippen LogP contribution in [0, 0.1) is 0 Å². The van der Waals surface area contributed by atoms with Crippen molar-refractivity contribution in [1.29, 1.82) is 0 Å². The zero-order valence-corrected chi connectivity index (χ0v) is 13.8. The van der Waals surface area contributed by atoms with E-state index in [4.69, 9.17) is 4.74 Å². The van der Waals surface area contributed by atoms with Crippen LogP contribution in [0.4, 0.5) is 0 Å². The number of ether oxygens (including phenoxy) is 1. The minimum atomic E-state index is -3.40. The molecule has 2 aliphatic heterocycles. The quantitative estimate of drug-likeness (QED) is 0.889. The van der Waals surface area contributed by atoms with Crippen molar-refractivity contribution in [2.45, 2.75) is 37.3 Å². The van der Waals surface area contributed by atoms with E-state index in [9.17, 15) is 8.42 Å². The third kappa shape index (κ3) is 3.18. The Morgan fingerprint density at radius 1 is 1.33 bits per heavy atom. The first-order valence-corrected chi connectivity index (χ1v) is 8.44. The van der Waals surface area contributed by atoms with Crippen molar-refractivity contribution in [3.05, 3.63) is 23.8 Å². The van der Waals surface area contributed by atoms with E-state index in [-0.39, 0.29) is 24.6 Å². The molecule has 2 unspecified atom stereocenters. The van der Waals surface area contributed by atoms with E-state index in [0.29, 0.717) is 24.5 Å². The number of nitrogens with zero attached hydrogens (tertiary/aromatic N) is 1. The first-order valence-electron chi connectivity index (χ1n) is 7.00. The van der Waals surface area contributed by atoms with E-state index in [1.54, 1.807) is 22.5 Å². The van der Waals surface area contributed by atoms with Crippen LogP contribution in [0.2, 0.25) is 0 Å². The van der Waals surface area contributed by atoms with Gasteiger partial charge in [0.25, 0.3) is 0 Å². The van der Waals surface area contributed by atoms with Crippen LogP contribution < -0.4 is 10.1 Å². The van der Waals surface area contributed by atoms with Crippen LogP contribution in [0.1, 0.15) is 19.4 Å². The molecule has 0 amide bonds. The summed E-state index contributed by atoms with van der Waals surface area (Å²) >= 11 is 0. The molecule has 21 heavy (non-hydrogen) atoms. The molecule has 1 saturated heterocycles. The molecule has 0 radical (unpaired) electrons. The van der Waals surface area contributed by atoms with E-state index >= 15 is 0 Å². The van der Waals surface area contributed by atoms with E-state index in [1.807, 2.05) is 13.8 Å². The van der Waals surface area contributed by atoms with Crippen LogP contribution >= 0.6 is 12.4 Å². The maximum atomic E-state index is 12.7. The molecule has 0 saturated carbocycles. The van der Waals surface area contributed by atoms with Gasteiger partial charge in [0, 0.05) is 32.1 Å². The molecule has 1 N–H and O–H groups in total.